The van der Waals surface area contributed by atoms with Crippen LogP contribution in [0.3, 0.4) is 0 Å². The highest BCUT2D eigenvalue weighted by Gasteiger charge is 2.12. The summed E-state index contributed by atoms with van der Waals surface area (Å²) in [5.41, 5.74) is 1.31. The van der Waals surface area contributed by atoms with Crippen LogP contribution in [-0.2, 0) is 0 Å². The van der Waals surface area contributed by atoms with Crippen LogP contribution in [0, 0.1) is 3.57 Å². The highest BCUT2D eigenvalue weighted by Crippen LogP contribution is 2.28. The lowest BCUT2D eigenvalue weighted by atomic mass is 10.2. The molecule has 14 heavy (non-hydrogen) atoms. The second-order valence-electron chi connectivity index (χ2n) is 3.33. The fourth-order valence-corrected chi connectivity index (χ4v) is 3.19. The molecule has 2 nitrogen and oxygen atoms in total. The molecule has 1 fully saturated rings. The average Bonchev–Trinajstić information content (AvgIpc) is 2.19. The van der Waals surface area contributed by atoms with E-state index in [4.69, 9.17) is 0 Å². The number of hydrogen-bond acceptors (Lipinski definition) is 2. The molecule has 0 radical (unpaired) electrons. The second-order valence-corrected chi connectivity index (χ2v) is 5.43. The first-order chi connectivity index (χ1) is 6.77. The second kappa shape index (κ2) is 4.81. The van der Waals surface area contributed by atoms with Crippen LogP contribution in [0.4, 0.5) is 5.69 Å². The Bertz CT molecular complexity index is 324. The van der Waals surface area contributed by atoms with Gasteiger partial charge in [0.1, 0.15) is 0 Å². The number of hydrogen-bond donors (Lipinski definition) is 1. The molecule has 1 N–H and O–H groups in total. The van der Waals surface area contributed by atoms with E-state index in [1.807, 2.05) is 0 Å². The summed E-state index contributed by atoms with van der Waals surface area (Å²) in [4.78, 5) is 2.41. The molecule has 1 aromatic rings. The van der Waals surface area contributed by atoms with Crippen molar-refractivity contribution >= 4 is 44.2 Å². The van der Waals surface area contributed by atoms with E-state index in [-0.39, 0.29) is 0 Å². The molecule has 1 saturated heterocycles. The zero-order chi connectivity index (χ0) is 9.97. The predicted octanol–water partition coefficient (Wildman–Crippen LogP) is 2.46. The molecule has 0 aliphatic carbocycles. The average molecular weight is 367 g/mol. The summed E-state index contributed by atoms with van der Waals surface area (Å²) in [5.74, 6) is 0. The van der Waals surface area contributed by atoms with Gasteiger partial charge in [-0.2, -0.15) is 0 Å². The van der Waals surface area contributed by atoms with Crippen molar-refractivity contribution in [1.82, 2.24) is 5.32 Å². The first-order valence-electron chi connectivity index (χ1n) is 4.68. The SMILES string of the molecule is Brc1cc(I)ccc1N1CCNCC1. The normalized spacial score (nSPS) is 17.1. The first kappa shape index (κ1) is 10.7. The summed E-state index contributed by atoms with van der Waals surface area (Å²) in [7, 11) is 0. The first-order valence-corrected chi connectivity index (χ1v) is 6.55. The van der Waals surface area contributed by atoms with E-state index in [2.05, 4.69) is 66.9 Å². The van der Waals surface area contributed by atoms with Gasteiger partial charge in [0.15, 0.2) is 0 Å². The molecular formula is C10H12BrIN2. The van der Waals surface area contributed by atoms with E-state index in [1.165, 1.54) is 13.7 Å². The molecule has 76 valence electrons. The van der Waals surface area contributed by atoms with Gasteiger partial charge in [0.2, 0.25) is 0 Å². The van der Waals surface area contributed by atoms with E-state index in [0.29, 0.717) is 0 Å². The smallest absolute Gasteiger partial charge is 0.0512 e. The van der Waals surface area contributed by atoms with Gasteiger partial charge in [-0.15, -0.1) is 0 Å². The Balaban J connectivity index is 2.22. The Kier molecular flexibility index (Phi) is 3.67. The van der Waals surface area contributed by atoms with Gasteiger partial charge in [-0.3, -0.25) is 0 Å². The van der Waals surface area contributed by atoms with Gasteiger partial charge in [-0.25, -0.2) is 0 Å². The number of nitrogens with one attached hydrogen (secondary N) is 1. The van der Waals surface area contributed by atoms with E-state index in [0.717, 1.165) is 26.2 Å². The fourth-order valence-electron chi connectivity index (χ4n) is 1.64. The topological polar surface area (TPSA) is 15.3 Å². The van der Waals surface area contributed by atoms with Crippen molar-refractivity contribution in [3.05, 3.63) is 26.2 Å². The van der Waals surface area contributed by atoms with E-state index >= 15 is 0 Å². The third-order valence-corrected chi connectivity index (χ3v) is 3.67. The maximum Gasteiger partial charge on any atom is 0.0512 e. The van der Waals surface area contributed by atoms with Crippen LogP contribution in [0.2, 0.25) is 0 Å². The maximum absolute atomic E-state index is 3.62. The minimum atomic E-state index is 1.08. The molecule has 0 amide bonds. The van der Waals surface area contributed by atoms with Crippen molar-refractivity contribution in [2.24, 2.45) is 0 Å². The summed E-state index contributed by atoms with van der Waals surface area (Å²) >= 11 is 5.95. The molecule has 0 spiro atoms. The van der Waals surface area contributed by atoms with Gasteiger partial charge < -0.3 is 10.2 Å². The van der Waals surface area contributed by atoms with Crippen LogP contribution in [0.15, 0.2) is 22.7 Å². The van der Waals surface area contributed by atoms with Crippen molar-refractivity contribution in [3.63, 3.8) is 0 Å². The van der Waals surface area contributed by atoms with Crippen molar-refractivity contribution in [2.75, 3.05) is 31.1 Å². The van der Waals surface area contributed by atoms with Gasteiger partial charge in [-0.05, 0) is 56.7 Å². The van der Waals surface area contributed by atoms with Crippen LogP contribution < -0.4 is 10.2 Å². The highest BCUT2D eigenvalue weighted by atomic mass is 127. The lowest BCUT2D eigenvalue weighted by Gasteiger charge is -2.30. The van der Waals surface area contributed by atoms with Gasteiger partial charge >= 0.3 is 0 Å². The van der Waals surface area contributed by atoms with E-state index < -0.39 is 0 Å². The van der Waals surface area contributed by atoms with Gasteiger partial charge in [0.25, 0.3) is 0 Å². The monoisotopic (exact) mass is 366 g/mol. The Morgan fingerprint density at radius 3 is 2.64 bits per heavy atom. The molecular weight excluding hydrogens is 355 g/mol. The number of rotatable bonds is 1. The Labute approximate surface area is 106 Å². The minimum Gasteiger partial charge on any atom is -0.368 e. The third kappa shape index (κ3) is 2.41. The highest BCUT2D eigenvalue weighted by molar-refractivity contribution is 14.1. The van der Waals surface area contributed by atoms with Crippen LogP contribution >= 0.6 is 38.5 Å². The number of benzene rings is 1. The van der Waals surface area contributed by atoms with Crippen LogP contribution in [-0.4, -0.2) is 26.2 Å². The van der Waals surface area contributed by atoms with E-state index in [9.17, 15) is 0 Å². The molecule has 0 aromatic heterocycles. The summed E-state index contributed by atoms with van der Waals surface area (Å²) in [6.45, 7) is 4.36. The van der Waals surface area contributed by atoms with Gasteiger partial charge in [0, 0.05) is 34.2 Å². The van der Waals surface area contributed by atoms with Crippen molar-refractivity contribution in [3.8, 4) is 0 Å². The molecule has 2 rings (SSSR count). The van der Waals surface area contributed by atoms with Gasteiger partial charge in [0.05, 0.1) is 5.69 Å². The quantitative estimate of drug-likeness (QED) is 0.768. The van der Waals surface area contributed by atoms with Crippen LogP contribution in [0.1, 0.15) is 0 Å². The standard InChI is InChI=1S/C10H12BrIN2/c11-9-7-8(12)1-2-10(9)14-5-3-13-4-6-14/h1-2,7,13H,3-6H2. The molecule has 4 heteroatoms. The largest absolute Gasteiger partial charge is 0.368 e. The zero-order valence-corrected chi connectivity index (χ0v) is 11.5. The van der Waals surface area contributed by atoms with Crippen LogP contribution in [0.25, 0.3) is 0 Å². The molecule has 1 aliphatic heterocycles. The predicted molar refractivity (Wildman–Crippen MR) is 71.9 cm³/mol. The fraction of sp³-hybridized carbons (Fsp3) is 0.400. The Morgan fingerprint density at radius 1 is 1.29 bits per heavy atom. The Hall–Kier alpha value is 0.190. The summed E-state index contributed by atoms with van der Waals surface area (Å²) in [6, 6.07) is 6.51. The summed E-state index contributed by atoms with van der Waals surface area (Å²) < 4.78 is 2.47. The molecule has 0 bridgehead atoms. The maximum atomic E-state index is 3.62. The Morgan fingerprint density at radius 2 is 2.00 bits per heavy atom. The van der Waals surface area contributed by atoms with Crippen molar-refractivity contribution < 1.29 is 0 Å². The summed E-state index contributed by atoms with van der Waals surface area (Å²) in [5, 5.41) is 3.36. The zero-order valence-electron chi connectivity index (χ0n) is 7.76. The lowest BCUT2D eigenvalue weighted by molar-refractivity contribution is 0.588. The number of piperazine rings is 1. The number of halogens is 2. The molecule has 0 saturated carbocycles. The number of anilines is 1. The lowest BCUT2D eigenvalue weighted by Crippen LogP contribution is -2.43. The molecule has 1 aliphatic rings. The van der Waals surface area contributed by atoms with Gasteiger partial charge in [-0.1, -0.05) is 0 Å². The minimum absolute atomic E-state index is 1.08. The molecule has 0 unspecified atom stereocenters. The number of nitrogens with zero attached hydrogens (tertiary/aromatic N) is 1. The molecule has 1 heterocycles. The third-order valence-electron chi connectivity index (χ3n) is 2.37. The van der Waals surface area contributed by atoms with E-state index in [1.54, 1.807) is 0 Å². The molecule has 0 atom stereocenters. The van der Waals surface area contributed by atoms with Crippen LogP contribution in [0.5, 0.6) is 0 Å². The summed E-state index contributed by atoms with van der Waals surface area (Å²) in [6.07, 6.45) is 0. The van der Waals surface area contributed by atoms with Crippen molar-refractivity contribution in [1.29, 1.82) is 0 Å². The molecule has 1 aromatic carbocycles. The van der Waals surface area contributed by atoms with Crippen molar-refractivity contribution in [2.45, 2.75) is 0 Å².